The van der Waals surface area contributed by atoms with Crippen LogP contribution in [0.5, 0.6) is 0 Å². The van der Waals surface area contributed by atoms with Gasteiger partial charge >= 0.3 is 0 Å². The molecule has 0 bridgehead atoms. The second-order valence-electron chi connectivity index (χ2n) is 7.39. The van der Waals surface area contributed by atoms with E-state index in [1.807, 2.05) is 18.2 Å². The lowest BCUT2D eigenvalue weighted by molar-refractivity contribution is -0.122. The maximum atomic E-state index is 12.5. The van der Waals surface area contributed by atoms with Gasteiger partial charge in [-0.05, 0) is 44.1 Å². The molecule has 2 fully saturated rings. The number of furan rings is 1. The Morgan fingerprint density at radius 2 is 1.82 bits per heavy atom. The molecule has 0 aliphatic carbocycles. The number of aromatic nitrogens is 2. The summed E-state index contributed by atoms with van der Waals surface area (Å²) in [5.74, 6) is 1.76. The standard InChI is InChI=1S/C20H28N6O2/c27-19(16-24-10-12-26(13-11-24)20-21-6-4-7-22-20)23-15-17(18-5-3-14-28-18)25-8-1-2-9-25/h3-7,14,17H,1-2,8-13,15-16H2,(H,23,27)/t17-/m0/s1. The Kier molecular flexibility index (Phi) is 6.18. The van der Waals surface area contributed by atoms with Gasteiger partial charge in [0.2, 0.25) is 11.9 Å². The second-order valence-corrected chi connectivity index (χ2v) is 7.39. The zero-order valence-corrected chi connectivity index (χ0v) is 16.2. The Bertz CT molecular complexity index is 724. The molecule has 0 aromatic carbocycles. The number of rotatable bonds is 7. The molecule has 4 rings (SSSR count). The Morgan fingerprint density at radius 3 is 2.50 bits per heavy atom. The molecule has 28 heavy (non-hydrogen) atoms. The molecule has 0 spiro atoms. The zero-order valence-electron chi connectivity index (χ0n) is 16.2. The molecule has 0 saturated carbocycles. The third-order valence-electron chi connectivity index (χ3n) is 5.52. The number of amides is 1. The number of piperazine rings is 1. The molecule has 2 saturated heterocycles. The van der Waals surface area contributed by atoms with Crippen molar-refractivity contribution in [1.29, 1.82) is 0 Å². The first-order valence-electron chi connectivity index (χ1n) is 10.1. The Morgan fingerprint density at radius 1 is 1.07 bits per heavy atom. The number of carbonyl (C=O) groups is 1. The van der Waals surface area contributed by atoms with E-state index in [0.29, 0.717) is 13.1 Å². The number of carbonyl (C=O) groups excluding carboxylic acids is 1. The predicted octanol–water partition coefficient (Wildman–Crippen LogP) is 1.14. The van der Waals surface area contributed by atoms with Crippen molar-refractivity contribution in [2.75, 3.05) is 57.3 Å². The van der Waals surface area contributed by atoms with Crippen LogP contribution in [0.4, 0.5) is 5.95 Å². The molecule has 150 valence electrons. The van der Waals surface area contributed by atoms with Gasteiger partial charge in [0.1, 0.15) is 5.76 Å². The average molecular weight is 384 g/mol. The van der Waals surface area contributed by atoms with Crippen LogP contribution in [0.15, 0.2) is 41.3 Å². The van der Waals surface area contributed by atoms with Crippen molar-refractivity contribution in [2.24, 2.45) is 0 Å². The smallest absolute Gasteiger partial charge is 0.234 e. The fourth-order valence-electron chi connectivity index (χ4n) is 3.97. The van der Waals surface area contributed by atoms with Crippen LogP contribution in [0.3, 0.4) is 0 Å². The van der Waals surface area contributed by atoms with Crippen LogP contribution in [0.2, 0.25) is 0 Å². The minimum atomic E-state index is 0.0696. The summed E-state index contributed by atoms with van der Waals surface area (Å²) in [5.41, 5.74) is 0. The Labute approximate surface area is 165 Å². The van der Waals surface area contributed by atoms with Gasteiger partial charge in [0, 0.05) is 45.1 Å². The average Bonchev–Trinajstić information content (AvgIpc) is 3.44. The first kappa shape index (κ1) is 18.9. The van der Waals surface area contributed by atoms with Gasteiger partial charge in [-0.1, -0.05) is 0 Å². The highest BCUT2D eigenvalue weighted by Gasteiger charge is 2.26. The van der Waals surface area contributed by atoms with E-state index < -0.39 is 0 Å². The summed E-state index contributed by atoms with van der Waals surface area (Å²) in [4.78, 5) is 27.9. The van der Waals surface area contributed by atoms with Crippen LogP contribution in [0.1, 0.15) is 24.6 Å². The van der Waals surface area contributed by atoms with Crippen molar-refractivity contribution in [3.8, 4) is 0 Å². The lowest BCUT2D eigenvalue weighted by Crippen LogP contribution is -2.50. The lowest BCUT2D eigenvalue weighted by atomic mass is 10.2. The maximum Gasteiger partial charge on any atom is 0.234 e. The third kappa shape index (κ3) is 4.69. The minimum absolute atomic E-state index is 0.0696. The number of anilines is 1. The van der Waals surface area contributed by atoms with Crippen molar-refractivity contribution < 1.29 is 9.21 Å². The molecule has 0 unspecified atom stereocenters. The molecule has 2 aromatic heterocycles. The van der Waals surface area contributed by atoms with Gasteiger partial charge in [-0.15, -0.1) is 0 Å². The van der Waals surface area contributed by atoms with Gasteiger partial charge in [0.05, 0.1) is 18.8 Å². The summed E-state index contributed by atoms with van der Waals surface area (Å²) in [6.07, 6.45) is 7.65. The fourth-order valence-corrected chi connectivity index (χ4v) is 3.97. The fraction of sp³-hybridized carbons (Fsp3) is 0.550. The second kappa shape index (κ2) is 9.16. The Hall–Kier alpha value is -2.45. The third-order valence-corrected chi connectivity index (χ3v) is 5.52. The van der Waals surface area contributed by atoms with Gasteiger partial charge in [-0.2, -0.15) is 0 Å². The molecule has 8 heteroatoms. The summed E-state index contributed by atoms with van der Waals surface area (Å²) in [6, 6.07) is 5.85. The highest BCUT2D eigenvalue weighted by Crippen LogP contribution is 2.24. The van der Waals surface area contributed by atoms with Gasteiger partial charge < -0.3 is 14.6 Å². The van der Waals surface area contributed by atoms with Crippen LogP contribution < -0.4 is 10.2 Å². The van der Waals surface area contributed by atoms with Gasteiger partial charge in [0.25, 0.3) is 0 Å². The molecule has 8 nitrogen and oxygen atoms in total. The molecule has 1 N–H and O–H groups in total. The SMILES string of the molecule is O=C(CN1CCN(c2ncccn2)CC1)NC[C@@H](c1ccco1)N1CCCC1. The monoisotopic (exact) mass is 384 g/mol. The van der Waals surface area contributed by atoms with Crippen LogP contribution in [0.25, 0.3) is 0 Å². The predicted molar refractivity (Wildman–Crippen MR) is 106 cm³/mol. The molecule has 4 heterocycles. The van der Waals surface area contributed by atoms with E-state index in [1.165, 1.54) is 12.8 Å². The Balaban J connectivity index is 1.24. The molecule has 2 aliphatic rings. The number of nitrogens with zero attached hydrogens (tertiary/aromatic N) is 5. The molecule has 2 aliphatic heterocycles. The number of likely N-dealkylation sites (tertiary alicyclic amines) is 1. The molecule has 1 atom stereocenters. The summed E-state index contributed by atoms with van der Waals surface area (Å²) in [6.45, 7) is 6.47. The van der Waals surface area contributed by atoms with E-state index in [9.17, 15) is 4.79 Å². The molecule has 0 radical (unpaired) electrons. The molecular weight excluding hydrogens is 356 g/mol. The van der Waals surface area contributed by atoms with Crippen LogP contribution in [-0.2, 0) is 4.79 Å². The number of nitrogens with one attached hydrogen (secondary N) is 1. The van der Waals surface area contributed by atoms with Gasteiger partial charge in [0.15, 0.2) is 0 Å². The van der Waals surface area contributed by atoms with Crippen molar-refractivity contribution in [3.63, 3.8) is 0 Å². The first-order chi connectivity index (χ1) is 13.8. The highest BCUT2D eigenvalue weighted by molar-refractivity contribution is 5.78. The first-order valence-corrected chi connectivity index (χ1v) is 10.1. The largest absolute Gasteiger partial charge is 0.468 e. The molecule has 2 aromatic rings. The lowest BCUT2D eigenvalue weighted by Gasteiger charge is -2.34. The van der Waals surface area contributed by atoms with Crippen molar-refractivity contribution in [2.45, 2.75) is 18.9 Å². The topological polar surface area (TPSA) is 77.7 Å². The van der Waals surface area contributed by atoms with E-state index in [-0.39, 0.29) is 11.9 Å². The van der Waals surface area contributed by atoms with E-state index in [2.05, 4.69) is 30.0 Å². The van der Waals surface area contributed by atoms with E-state index >= 15 is 0 Å². The number of hydrogen-bond acceptors (Lipinski definition) is 7. The summed E-state index contributed by atoms with van der Waals surface area (Å²) >= 11 is 0. The van der Waals surface area contributed by atoms with Crippen molar-refractivity contribution in [3.05, 3.63) is 42.6 Å². The molecule has 1 amide bonds. The summed E-state index contributed by atoms with van der Waals surface area (Å²) < 4.78 is 5.62. The summed E-state index contributed by atoms with van der Waals surface area (Å²) in [7, 11) is 0. The summed E-state index contributed by atoms with van der Waals surface area (Å²) in [5, 5.41) is 3.12. The van der Waals surface area contributed by atoms with Gasteiger partial charge in [-0.25, -0.2) is 9.97 Å². The van der Waals surface area contributed by atoms with Crippen LogP contribution in [0, 0.1) is 0 Å². The highest BCUT2D eigenvalue weighted by atomic mass is 16.3. The van der Waals surface area contributed by atoms with Crippen molar-refractivity contribution in [1.82, 2.24) is 25.1 Å². The minimum Gasteiger partial charge on any atom is -0.468 e. The maximum absolute atomic E-state index is 12.5. The van der Waals surface area contributed by atoms with Gasteiger partial charge in [-0.3, -0.25) is 14.6 Å². The van der Waals surface area contributed by atoms with Crippen LogP contribution >= 0.6 is 0 Å². The molecular formula is C20H28N6O2. The quantitative estimate of drug-likeness (QED) is 0.767. The normalized spacial score (nSPS) is 19.6. The van der Waals surface area contributed by atoms with E-state index in [1.54, 1.807) is 18.7 Å². The van der Waals surface area contributed by atoms with E-state index in [0.717, 1.165) is 51.0 Å². The zero-order chi connectivity index (χ0) is 19.2. The van der Waals surface area contributed by atoms with E-state index in [4.69, 9.17) is 4.42 Å². The van der Waals surface area contributed by atoms with Crippen LogP contribution in [-0.4, -0.2) is 78.0 Å². The van der Waals surface area contributed by atoms with Crippen molar-refractivity contribution >= 4 is 11.9 Å². The number of hydrogen-bond donors (Lipinski definition) is 1.